The number of rotatable bonds is 4. The minimum atomic E-state index is -0.975. The lowest BCUT2D eigenvalue weighted by molar-refractivity contribution is -0.130. The highest BCUT2D eigenvalue weighted by Crippen LogP contribution is 2.29. The van der Waals surface area contributed by atoms with Crippen LogP contribution in [0.15, 0.2) is 40.9 Å². The number of carboxylic acids is 1. The number of aliphatic imine (C=N–C) groups is 1. The molecule has 0 amide bonds. The van der Waals surface area contributed by atoms with Gasteiger partial charge in [0.1, 0.15) is 16.4 Å². The lowest BCUT2D eigenvalue weighted by Gasteiger charge is -2.24. The molecule has 0 spiro atoms. The van der Waals surface area contributed by atoms with Crippen LogP contribution < -0.4 is 5.32 Å². The average Bonchev–Trinajstić information content (AvgIpc) is 2.77. The second-order valence-corrected chi connectivity index (χ2v) is 6.30. The number of carboxylic acid groups (broad SMARTS) is 1. The molecular formula is C17H20N2O2S. The Balaban J connectivity index is 2.55. The highest BCUT2D eigenvalue weighted by molar-refractivity contribution is 7.80. The fourth-order valence-corrected chi connectivity index (χ4v) is 2.72. The molecule has 2 rings (SSSR count). The normalized spacial score (nSPS) is 22.2. The van der Waals surface area contributed by atoms with Gasteiger partial charge in [0, 0.05) is 5.57 Å². The molecule has 22 heavy (non-hydrogen) atoms. The summed E-state index contributed by atoms with van der Waals surface area (Å²) in [6, 6.07) is 9.05. The van der Waals surface area contributed by atoms with Gasteiger partial charge in [-0.25, -0.2) is 4.79 Å². The molecule has 0 bridgehead atoms. The molecule has 0 radical (unpaired) electrons. The van der Waals surface area contributed by atoms with Gasteiger partial charge in [0.2, 0.25) is 0 Å². The SMILES string of the molecule is C/C(C1=NC(C)(C(C)C)C(=S)N1)=C(/C(=O)O)c1ccccc1. The van der Waals surface area contributed by atoms with E-state index in [4.69, 9.17) is 12.2 Å². The van der Waals surface area contributed by atoms with Crippen LogP contribution in [0.1, 0.15) is 33.3 Å². The fraction of sp³-hybridized carbons (Fsp3) is 0.353. The Morgan fingerprint density at radius 3 is 2.36 bits per heavy atom. The van der Waals surface area contributed by atoms with E-state index < -0.39 is 11.5 Å². The maximum Gasteiger partial charge on any atom is 0.336 e. The second-order valence-electron chi connectivity index (χ2n) is 5.89. The van der Waals surface area contributed by atoms with E-state index in [1.165, 1.54) is 0 Å². The zero-order valence-electron chi connectivity index (χ0n) is 13.2. The van der Waals surface area contributed by atoms with Crippen molar-refractivity contribution >= 4 is 34.6 Å². The first kappa shape index (κ1) is 16.4. The van der Waals surface area contributed by atoms with Crippen LogP contribution in [-0.4, -0.2) is 27.4 Å². The van der Waals surface area contributed by atoms with E-state index in [2.05, 4.69) is 24.2 Å². The molecule has 0 saturated carbocycles. The fourth-order valence-electron chi connectivity index (χ4n) is 2.34. The van der Waals surface area contributed by atoms with Gasteiger partial charge in [-0.2, -0.15) is 0 Å². The van der Waals surface area contributed by atoms with Gasteiger partial charge in [0.15, 0.2) is 0 Å². The first-order valence-electron chi connectivity index (χ1n) is 7.18. The van der Waals surface area contributed by atoms with Crippen LogP contribution in [-0.2, 0) is 4.79 Å². The van der Waals surface area contributed by atoms with Gasteiger partial charge in [-0.1, -0.05) is 56.4 Å². The number of nitrogens with zero attached hydrogens (tertiary/aromatic N) is 1. The highest BCUT2D eigenvalue weighted by atomic mass is 32.1. The summed E-state index contributed by atoms with van der Waals surface area (Å²) >= 11 is 5.40. The topological polar surface area (TPSA) is 61.7 Å². The Bertz CT molecular complexity index is 677. The van der Waals surface area contributed by atoms with E-state index in [-0.39, 0.29) is 11.5 Å². The van der Waals surface area contributed by atoms with Crippen LogP contribution in [0.4, 0.5) is 0 Å². The number of carbonyl (C=O) groups is 1. The number of aliphatic carboxylic acids is 1. The predicted octanol–water partition coefficient (Wildman–Crippen LogP) is 3.29. The van der Waals surface area contributed by atoms with E-state index in [1.54, 1.807) is 19.1 Å². The third-order valence-electron chi connectivity index (χ3n) is 4.17. The molecule has 1 aromatic carbocycles. The molecule has 1 heterocycles. The minimum Gasteiger partial charge on any atom is -0.478 e. The zero-order valence-corrected chi connectivity index (χ0v) is 14.0. The molecule has 0 fully saturated rings. The molecule has 1 unspecified atom stereocenters. The van der Waals surface area contributed by atoms with Gasteiger partial charge < -0.3 is 10.4 Å². The van der Waals surface area contributed by atoms with Gasteiger partial charge in [-0.15, -0.1) is 0 Å². The number of amidine groups is 1. The van der Waals surface area contributed by atoms with Crippen LogP contribution in [0.5, 0.6) is 0 Å². The summed E-state index contributed by atoms with van der Waals surface area (Å²) in [5, 5.41) is 12.7. The van der Waals surface area contributed by atoms with Crippen LogP contribution in [0.2, 0.25) is 0 Å². The first-order chi connectivity index (χ1) is 10.3. The summed E-state index contributed by atoms with van der Waals surface area (Å²) in [6.07, 6.45) is 0. The molecular weight excluding hydrogens is 296 g/mol. The zero-order chi connectivity index (χ0) is 16.5. The van der Waals surface area contributed by atoms with Crippen molar-refractivity contribution in [1.29, 1.82) is 0 Å². The third-order valence-corrected chi connectivity index (χ3v) is 4.68. The lowest BCUT2D eigenvalue weighted by atomic mass is 9.90. The summed E-state index contributed by atoms with van der Waals surface area (Å²) in [5.74, 6) is -0.206. The van der Waals surface area contributed by atoms with E-state index in [0.29, 0.717) is 22.0 Å². The Hall–Kier alpha value is -2.01. The average molecular weight is 316 g/mol. The van der Waals surface area contributed by atoms with Crippen LogP contribution in [0.3, 0.4) is 0 Å². The number of hydrogen-bond acceptors (Lipinski definition) is 3. The van der Waals surface area contributed by atoms with Crippen LogP contribution in [0.25, 0.3) is 5.57 Å². The smallest absolute Gasteiger partial charge is 0.336 e. The summed E-state index contributed by atoms with van der Waals surface area (Å²) in [7, 11) is 0. The Morgan fingerprint density at radius 2 is 1.91 bits per heavy atom. The van der Waals surface area contributed by atoms with Crippen molar-refractivity contribution in [1.82, 2.24) is 5.32 Å². The third kappa shape index (κ3) is 2.81. The van der Waals surface area contributed by atoms with Gasteiger partial charge >= 0.3 is 5.97 Å². The van der Waals surface area contributed by atoms with E-state index >= 15 is 0 Å². The lowest BCUT2D eigenvalue weighted by Crippen LogP contribution is -2.39. The number of hydrogen-bond donors (Lipinski definition) is 2. The van der Waals surface area contributed by atoms with E-state index in [9.17, 15) is 9.90 Å². The van der Waals surface area contributed by atoms with Gasteiger partial charge in [-0.05, 0) is 25.3 Å². The Kier molecular flexibility index (Phi) is 4.47. The van der Waals surface area contributed by atoms with Crippen molar-refractivity contribution in [2.24, 2.45) is 10.9 Å². The molecule has 1 atom stereocenters. The number of thiocarbonyl (C=S) groups is 1. The molecule has 2 N–H and O–H groups in total. The maximum absolute atomic E-state index is 11.7. The van der Waals surface area contributed by atoms with Crippen molar-refractivity contribution in [3.05, 3.63) is 41.5 Å². The number of nitrogens with one attached hydrogen (secondary N) is 1. The predicted molar refractivity (Wildman–Crippen MR) is 93.1 cm³/mol. The molecule has 116 valence electrons. The van der Waals surface area contributed by atoms with Gasteiger partial charge in [0.05, 0.1) is 5.57 Å². The highest BCUT2D eigenvalue weighted by Gasteiger charge is 2.39. The Labute approximate surface area is 136 Å². The molecule has 1 aliphatic heterocycles. The molecule has 4 nitrogen and oxygen atoms in total. The van der Waals surface area contributed by atoms with E-state index in [1.807, 2.05) is 25.1 Å². The van der Waals surface area contributed by atoms with Gasteiger partial charge in [0.25, 0.3) is 0 Å². The summed E-state index contributed by atoms with van der Waals surface area (Å²) in [4.78, 5) is 17.0. The monoisotopic (exact) mass is 316 g/mol. The van der Waals surface area contributed by atoms with Crippen molar-refractivity contribution in [2.45, 2.75) is 33.2 Å². The second kappa shape index (κ2) is 6.01. The molecule has 1 aromatic rings. The maximum atomic E-state index is 11.7. The summed E-state index contributed by atoms with van der Waals surface area (Å²) < 4.78 is 0. The van der Waals surface area contributed by atoms with Crippen molar-refractivity contribution in [2.75, 3.05) is 0 Å². The van der Waals surface area contributed by atoms with Crippen molar-refractivity contribution in [3.8, 4) is 0 Å². The minimum absolute atomic E-state index is 0.225. The van der Waals surface area contributed by atoms with Crippen LogP contribution >= 0.6 is 12.2 Å². The molecule has 0 saturated heterocycles. The van der Waals surface area contributed by atoms with Gasteiger partial charge in [-0.3, -0.25) is 4.99 Å². The molecule has 5 heteroatoms. The Morgan fingerprint density at radius 1 is 1.32 bits per heavy atom. The molecule has 0 aliphatic carbocycles. The standard InChI is InChI=1S/C17H20N2O2S/c1-10(2)17(4)16(22)18-14(19-17)11(3)13(15(20)21)12-8-6-5-7-9-12/h5-10H,1-4H3,(H,20,21)(H,18,19,22)/b13-11-. The number of benzene rings is 1. The van der Waals surface area contributed by atoms with Crippen molar-refractivity contribution < 1.29 is 9.90 Å². The molecule has 0 aromatic heterocycles. The molecule has 1 aliphatic rings. The van der Waals surface area contributed by atoms with Crippen molar-refractivity contribution in [3.63, 3.8) is 0 Å². The first-order valence-corrected chi connectivity index (χ1v) is 7.59. The van der Waals surface area contributed by atoms with E-state index in [0.717, 1.165) is 0 Å². The largest absolute Gasteiger partial charge is 0.478 e. The van der Waals surface area contributed by atoms with Crippen LogP contribution in [0, 0.1) is 5.92 Å². The quantitative estimate of drug-likeness (QED) is 0.661. The summed E-state index contributed by atoms with van der Waals surface area (Å²) in [5.41, 5.74) is 0.987. The summed E-state index contributed by atoms with van der Waals surface area (Å²) in [6.45, 7) is 7.83.